The molecule has 6 heteroatoms. The van der Waals surface area contributed by atoms with Crippen LogP contribution in [0.15, 0.2) is 53.5 Å². The van der Waals surface area contributed by atoms with Crippen LogP contribution in [0.4, 0.5) is 13.2 Å². The summed E-state index contributed by atoms with van der Waals surface area (Å²) in [6.07, 6.45) is 2.21. The molecular weight excluding hydrogens is 343 g/mol. The first kappa shape index (κ1) is 17.8. The van der Waals surface area contributed by atoms with E-state index in [4.69, 9.17) is 4.74 Å². The Balaban J connectivity index is 2.13. The Kier molecular flexibility index (Phi) is 4.84. The molecule has 0 radical (unpaired) electrons. The highest BCUT2D eigenvalue weighted by atomic mass is 19.1. The first-order chi connectivity index (χ1) is 12.4. The van der Waals surface area contributed by atoms with Gasteiger partial charge in [0.2, 0.25) is 0 Å². The summed E-state index contributed by atoms with van der Waals surface area (Å²) in [5, 5.41) is 0. The molecule has 0 bridgehead atoms. The Morgan fingerprint density at radius 3 is 2.35 bits per heavy atom. The molecule has 0 fully saturated rings. The predicted molar refractivity (Wildman–Crippen MR) is 92.9 cm³/mol. The number of rotatable bonds is 4. The summed E-state index contributed by atoms with van der Waals surface area (Å²) in [7, 11) is 1.44. The summed E-state index contributed by atoms with van der Waals surface area (Å²) in [6.45, 7) is 1.96. The molecule has 3 rings (SSSR count). The van der Waals surface area contributed by atoms with Crippen LogP contribution in [0, 0.1) is 17.5 Å². The van der Waals surface area contributed by atoms with Gasteiger partial charge in [-0.15, -0.1) is 0 Å². The zero-order valence-electron chi connectivity index (χ0n) is 14.2. The standard InChI is InChI=1S/C20H16F3NO2/c1-3-12-4-6-18(26-19-7-5-14(21)10-16(19)22)15(8-12)13-9-17(23)20(25)24(2)11-13/h4-11H,3H2,1-2H3. The van der Waals surface area contributed by atoms with E-state index in [0.717, 1.165) is 34.8 Å². The van der Waals surface area contributed by atoms with E-state index < -0.39 is 23.0 Å². The van der Waals surface area contributed by atoms with E-state index >= 15 is 0 Å². The quantitative estimate of drug-likeness (QED) is 0.668. The summed E-state index contributed by atoms with van der Waals surface area (Å²) in [5.74, 6) is -2.34. The minimum atomic E-state index is -0.897. The van der Waals surface area contributed by atoms with Crippen LogP contribution in [0.25, 0.3) is 11.1 Å². The zero-order valence-corrected chi connectivity index (χ0v) is 14.2. The Morgan fingerprint density at radius 1 is 0.962 bits per heavy atom. The molecule has 1 aromatic heterocycles. The van der Waals surface area contributed by atoms with Crippen LogP contribution >= 0.6 is 0 Å². The Bertz CT molecular complexity index is 1000. The molecule has 3 aromatic rings. The van der Waals surface area contributed by atoms with Gasteiger partial charge >= 0.3 is 0 Å². The minimum absolute atomic E-state index is 0.151. The van der Waals surface area contributed by atoms with Gasteiger partial charge in [-0.1, -0.05) is 13.0 Å². The fourth-order valence-electron chi connectivity index (χ4n) is 2.61. The molecule has 0 aliphatic rings. The lowest BCUT2D eigenvalue weighted by molar-refractivity contribution is 0.439. The van der Waals surface area contributed by atoms with Crippen LogP contribution in [-0.2, 0) is 13.5 Å². The van der Waals surface area contributed by atoms with Crippen LogP contribution in [0.3, 0.4) is 0 Å². The number of hydrogen-bond donors (Lipinski definition) is 0. The van der Waals surface area contributed by atoms with Crippen molar-refractivity contribution >= 4 is 0 Å². The monoisotopic (exact) mass is 359 g/mol. The van der Waals surface area contributed by atoms with Crippen molar-refractivity contribution < 1.29 is 17.9 Å². The van der Waals surface area contributed by atoms with E-state index in [2.05, 4.69) is 0 Å². The van der Waals surface area contributed by atoms with E-state index in [-0.39, 0.29) is 11.5 Å². The zero-order chi connectivity index (χ0) is 18.8. The molecule has 0 unspecified atom stereocenters. The average molecular weight is 359 g/mol. The molecule has 0 N–H and O–H groups in total. The molecular formula is C20H16F3NO2. The van der Waals surface area contributed by atoms with E-state index in [1.54, 1.807) is 18.2 Å². The number of benzene rings is 2. The molecule has 3 nitrogen and oxygen atoms in total. The fraction of sp³-hybridized carbons (Fsp3) is 0.150. The SMILES string of the molecule is CCc1ccc(Oc2ccc(F)cc2F)c(-c2cc(F)c(=O)n(C)c2)c1. The highest BCUT2D eigenvalue weighted by Crippen LogP contribution is 2.35. The van der Waals surface area contributed by atoms with Crippen LogP contribution in [0.2, 0.25) is 0 Å². The number of aryl methyl sites for hydroxylation is 2. The highest BCUT2D eigenvalue weighted by Gasteiger charge is 2.14. The van der Waals surface area contributed by atoms with E-state index in [1.165, 1.54) is 19.3 Å². The molecule has 0 atom stereocenters. The fourth-order valence-corrected chi connectivity index (χ4v) is 2.61. The van der Waals surface area contributed by atoms with Crippen molar-refractivity contribution in [2.75, 3.05) is 0 Å². The molecule has 134 valence electrons. The number of ether oxygens (including phenoxy) is 1. The summed E-state index contributed by atoms with van der Waals surface area (Å²) >= 11 is 0. The largest absolute Gasteiger partial charge is 0.454 e. The van der Waals surface area contributed by atoms with Crippen LogP contribution < -0.4 is 10.3 Å². The molecule has 26 heavy (non-hydrogen) atoms. The molecule has 1 heterocycles. The maximum absolute atomic E-state index is 13.9. The maximum Gasteiger partial charge on any atom is 0.286 e. The topological polar surface area (TPSA) is 31.2 Å². The third-order valence-corrected chi connectivity index (χ3v) is 4.02. The maximum atomic E-state index is 13.9. The summed E-state index contributed by atoms with van der Waals surface area (Å²) in [4.78, 5) is 11.6. The van der Waals surface area contributed by atoms with Gasteiger partial charge in [0.25, 0.3) is 5.56 Å². The number of hydrogen-bond acceptors (Lipinski definition) is 2. The van der Waals surface area contributed by atoms with Crippen LogP contribution in [-0.4, -0.2) is 4.57 Å². The highest BCUT2D eigenvalue weighted by molar-refractivity contribution is 5.71. The number of nitrogens with zero attached hydrogens (tertiary/aromatic N) is 1. The lowest BCUT2D eigenvalue weighted by atomic mass is 10.0. The third-order valence-electron chi connectivity index (χ3n) is 4.02. The second-order valence-electron chi connectivity index (χ2n) is 5.85. The average Bonchev–Trinajstić information content (AvgIpc) is 2.61. The van der Waals surface area contributed by atoms with Crippen LogP contribution in [0.5, 0.6) is 11.5 Å². The lowest BCUT2D eigenvalue weighted by Gasteiger charge is -2.14. The van der Waals surface area contributed by atoms with Gasteiger partial charge in [0.05, 0.1) is 0 Å². The van der Waals surface area contributed by atoms with Gasteiger partial charge in [0.1, 0.15) is 11.6 Å². The lowest BCUT2D eigenvalue weighted by Crippen LogP contribution is -2.19. The Hall–Kier alpha value is -3.02. The number of pyridine rings is 1. The van der Waals surface area contributed by atoms with Gasteiger partial charge in [-0.05, 0) is 42.3 Å². The van der Waals surface area contributed by atoms with Crippen molar-refractivity contribution in [1.29, 1.82) is 0 Å². The molecule has 0 saturated heterocycles. The van der Waals surface area contributed by atoms with Crippen molar-refractivity contribution in [3.8, 4) is 22.6 Å². The van der Waals surface area contributed by atoms with Gasteiger partial charge < -0.3 is 9.30 Å². The molecule has 0 aliphatic heterocycles. The second kappa shape index (κ2) is 7.07. The molecule has 0 aliphatic carbocycles. The first-order valence-electron chi connectivity index (χ1n) is 8.01. The van der Waals surface area contributed by atoms with Gasteiger partial charge in [0, 0.05) is 30.4 Å². The Labute approximate surface area is 148 Å². The van der Waals surface area contributed by atoms with Crippen molar-refractivity contribution in [2.24, 2.45) is 7.05 Å². The van der Waals surface area contributed by atoms with E-state index in [0.29, 0.717) is 11.1 Å². The normalized spacial score (nSPS) is 10.8. The summed E-state index contributed by atoms with van der Waals surface area (Å²) in [5.41, 5.74) is 1.13. The molecule has 2 aromatic carbocycles. The van der Waals surface area contributed by atoms with Crippen LogP contribution in [0.1, 0.15) is 12.5 Å². The molecule has 0 saturated carbocycles. The summed E-state index contributed by atoms with van der Waals surface area (Å²) in [6, 6.07) is 9.34. The number of halogens is 3. The van der Waals surface area contributed by atoms with E-state index in [1.807, 2.05) is 6.92 Å². The first-order valence-corrected chi connectivity index (χ1v) is 8.01. The van der Waals surface area contributed by atoms with Gasteiger partial charge in [0.15, 0.2) is 17.4 Å². The third kappa shape index (κ3) is 3.49. The summed E-state index contributed by atoms with van der Waals surface area (Å²) < 4.78 is 47.7. The van der Waals surface area contributed by atoms with Crippen molar-refractivity contribution in [1.82, 2.24) is 4.57 Å². The van der Waals surface area contributed by atoms with Gasteiger partial charge in [-0.3, -0.25) is 4.79 Å². The number of aromatic nitrogens is 1. The predicted octanol–water partition coefficient (Wildman–Crippen LogP) is 4.82. The Morgan fingerprint density at radius 2 is 1.69 bits per heavy atom. The minimum Gasteiger partial charge on any atom is -0.454 e. The smallest absolute Gasteiger partial charge is 0.286 e. The molecule has 0 amide bonds. The van der Waals surface area contributed by atoms with E-state index in [9.17, 15) is 18.0 Å². The van der Waals surface area contributed by atoms with Crippen molar-refractivity contribution in [2.45, 2.75) is 13.3 Å². The van der Waals surface area contributed by atoms with Crippen molar-refractivity contribution in [3.63, 3.8) is 0 Å². The van der Waals surface area contributed by atoms with Crippen molar-refractivity contribution in [3.05, 3.63) is 82.0 Å². The molecule has 0 spiro atoms. The van der Waals surface area contributed by atoms with Gasteiger partial charge in [-0.2, -0.15) is 0 Å². The van der Waals surface area contributed by atoms with Gasteiger partial charge in [-0.25, -0.2) is 13.2 Å². The second-order valence-corrected chi connectivity index (χ2v) is 5.85.